The highest BCUT2D eigenvalue weighted by Crippen LogP contribution is 2.28. The maximum absolute atomic E-state index is 11.2. The van der Waals surface area contributed by atoms with Crippen molar-refractivity contribution < 1.29 is 14.6 Å². The lowest BCUT2D eigenvalue weighted by Crippen LogP contribution is -2.24. The molecule has 1 unspecified atom stereocenters. The molecule has 0 spiro atoms. The van der Waals surface area contributed by atoms with Crippen molar-refractivity contribution in [1.29, 1.82) is 0 Å². The zero-order chi connectivity index (χ0) is 14.8. The van der Waals surface area contributed by atoms with Gasteiger partial charge in [-0.2, -0.15) is 0 Å². The number of hydrogen-bond acceptors (Lipinski definition) is 3. The van der Waals surface area contributed by atoms with Gasteiger partial charge in [-0.3, -0.25) is 0 Å². The Bertz CT molecular complexity index is 656. The first-order valence-electron chi connectivity index (χ1n) is 6.96. The van der Waals surface area contributed by atoms with Crippen LogP contribution in [0.2, 0.25) is 0 Å². The highest BCUT2D eigenvalue weighted by atomic mass is 16.5. The van der Waals surface area contributed by atoms with E-state index in [1.807, 2.05) is 31.2 Å². The van der Waals surface area contributed by atoms with Gasteiger partial charge in [0.05, 0.1) is 12.1 Å². The number of aryl methyl sites for hydroxylation is 1. The Morgan fingerprint density at radius 1 is 1.33 bits per heavy atom. The highest BCUT2D eigenvalue weighted by molar-refractivity contribution is 5.94. The summed E-state index contributed by atoms with van der Waals surface area (Å²) in [6.45, 7) is 2.52. The van der Waals surface area contributed by atoms with Crippen LogP contribution in [0.4, 0.5) is 5.69 Å². The summed E-state index contributed by atoms with van der Waals surface area (Å²) in [5, 5.41) is 12.4. The molecule has 1 heterocycles. The van der Waals surface area contributed by atoms with Gasteiger partial charge in [0.2, 0.25) is 0 Å². The maximum Gasteiger partial charge on any atom is 0.337 e. The van der Waals surface area contributed by atoms with Crippen LogP contribution >= 0.6 is 0 Å². The zero-order valence-electron chi connectivity index (χ0n) is 11.8. The van der Waals surface area contributed by atoms with E-state index in [2.05, 4.69) is 11.4 Å². The SMILES string of the molecule is Cc1ccc(C(=O)O)c(NCC2Cc3ccccc3O2)c1. The van der Waals surface area contributed by atoms with Crippen molar-refractivity contribution in [3.05, 3.63) is 59.2 Å². The Kier molecular flexibility index (Phi) is 3.52. The first kappa shape index (κ1) is 13.5. The highest BCUT2D eigenvalue weighted by Gasteiger charge is 2.22. The molecule has 0 aliphatic carbocycles. The van der Waals surface area contributed by atoms with Crippen LogP contribution in [0.5, 0.6) is 5.75 Å². The summed E-state index contributed by atoms with van der Waals surface area (Å²) in [4.78, 5) is 11.2. The van der Waals surface area contributed by atoms with E-state index in [1.54, 1.807) is 12.1 Å². The van der Waals surface area contributed by atoms with Gasteiger partial charge in [0, 0.05) is 12.1 Å². The molecule has 3 rings (SSSR count). The van der Waals surface area contributed by atoms with Gasteiger partial charge in [-0.1, -0.05) is 24.3 Å². The average molecular weight is 283 g/mol. The second kappa shape index (κ2) is 5.48. The van der Waals surface area contributed by atoms with Crippen molar-refractivity contribution in [2.24, 2.45) is 0 Å². The third-order valence-corrected chi connectivity index (χ3v) is 3.64. The molecule has 2 N–H and O–H groups in total. The molecule has 0 radical (unpaired) electrons. The number of carboxylic acids is 1. The molecule has 0 saturated carbocycles. The van der Waals surface area contributed by atoms with Crippen molar-refractivity contribution in [3.8, 4) is 5.75 Å². The summed E-state index contributed by atoms with van der Waals surface area (Å²) in [6, 6.07) is 13.3. The van der Waals surface area contributed by atoms with Crippen LogP contribution in [-0.2, 0) is 6.42 Å². The largest absolute Gasteiger partial charge is 0.488 e. The molecule has 4 heteroatoms. The minimum Gasteiger partial charge on any atom is -0.488 e. The van der Waals surface area contributed by atoms with E-state index in [1.165, 1.54) is 5.56 Å². The van der Waals surface area contributed by atoms with Gasteiger partial charge >= 0.3 is 5.97 Å². The van der Waals surface area contributed by atoms with E-state index in [0.717, 1.165) is 17.7 Å². The van der Waals surface area contributed by atoms with Crippen LogP contribution in [-0.4, -0.2) is 23.7 Å². The second-order valence-corrected chi connectivity index (χ2v) is 5.29. The van der Waals surface area contributed by atoms with Gasteiger partial charge in [-0.25, -0.2) is 4.79 Å². The molecule has 0 amide bonds. The molecule has 2 aromatic rings. The van der Waals surface area contributed by atoms with Gasteiger partial charge in [-0.05, 0) is 36.2 Å². The number of fused-ring (bicyclic) bond motifs is 1. The normalized spacial score (nSPS) is 16.1. The van der Waals surface area contributed by atoms with Gasteiger partial charge in [0.1, 0.15) is 11.9 Å². The Labute approximate surface area is 123 Å². The predicted octanol–water partition coefficient (Wildman–Crippen LogP) is 3.11. The van der Waals surface area contributed by atoms with E-state index < -0.39 is 5.97 Å². The second-order valence-electron chi connectivity index (χ2n) is 5.29. The van der Waals surface area contributed by atoms with E-state index in [-0.39, 0.29) is 11.7 Å². The summed E-state index contributed by atoms with van der Waals surface area (Å²) >= 11 is 0. The lowest BCUT2D eigenvalue weighted by molar-refractivity contribution is 0.0698. The number of carbonyl (C=O) groups is 1. The molecule has 0 saturated heterocycles. The number of aromatic carboxylic acids is 1. The maximum atomic E-state index is 11.2. The summed E-state index contributed by atoms with van der Waals surface area (Å²) in [6.07, 6.45) is 0.877. The smallest absolute Gasteiger partial charge is 0.337 e. The van der Waals surface area contributed by atoms with Crippen LogP contribution in [0.15, 0.2) is 42.5 Å². The Hall–Kier alpha value is -2.49. The van der Waals surface area contributed by atoms with Crippen molar-refractivity contribution in [2.45, 2.75) is 19.4 Å². The molecule has 108 valence electrons. The topological polar surface area (TPSA) is 58.6 Å². The fourth-order valence-corrected chi connectivity index (χ4v) is 2.58. The van der Waals surface area contributed by atoms with Crippen LogP contribution < -0.4 is 10.1 Å². The lowest BCUT2D eigenvalue weighted by Gasteiger charge is -2.15. The summed E-state index contributed by atoms with van der Waals surface area (Å²) in [7, 11) is 0. The fraction of sp³-hybridized carbons (Fsp3) is 0.235. The number of para-hydroxylation sites is 1. The average Bonchev–Trinajstić information content (AvgIpc) is 2.87. The van der Waals surface area contributed by atoms with Gasteiger partial charge in [-0.15, -0.1) is 0 Å². The quantitative estimate of drug-likeness (QED) is 0.905. The molecular weight excluding hydrogens is 266 g/mol. The van der Waals surface area contributed by atoms with Crippen molar-refractivity contribution in [2.75, 3.05) is 11.9 Å². The zero-order valence-corrected chi connectivity index (χ0v) is 11.8. The summed E-state index contributed by atoms with van der Waals surface area (Å²) in [5.41, 5.74) is 3.16. The summed E-state index contributed by atoms with van der Waals surface area (Å²) in [5.74, 6) is 0.000117. The van der Waals surface area contributed by atoms with Crippen LogP contribution in [0, 0.1) is 6.92 Å². The molecule has 0 aromatic heterocycles. The predicted molar refractivity (Wildman–Crippen MR) is 81.2 cm³/mol. The molecule has 4 nitrogen and oxygen atoms in total. The van der Waals surface area contributed by atoms with Crippen molar-refractivity contribution in [3.63, 3.8) is 0 Å². The van der Waals surface area contributed by atoms with Crippen LogP contribution in [0.3, 0.4) is 0 Å². The van der Waals surface area contributed by atoms with E-state index >= 15 is 0 Å². The number of rotatable bonds is 4. The van der Waals surface area contributed by atoms with Crippen LogP contribution in [0.1, 0.15) is 21.5 Å². The van der Waals surface area contributed by atoms with E-state index in [4.69, 9.17) is 4.74 Å². The van der Waals surface area contributed by atoms with Gasteiger partial charge in [0.25, 0.3) is 0 Å². The number of benzene rings is 2. The summed E-state index contributed by atoms with van der Waals surface area (Å²) < 4.78 is 5.85. The minimum atomic E-state index is -0.923. The number of carboxylic acid groups (broad SMARTS) is 1. The lowest BCUT2D eigenvalue weighted by atomic mass is 10.1. The molecule has 2 aromatic carbocycles. The molecule has 1 atom stereocenters. The fourth-order valence-electron chi connectivity index (χ4n) is 2.58. The molecule has 0 fully saturated rings. The van der Waals surface area contributed by atoms with Crippen molar-refractivity contribution in [1.82, 2.24) is 0 Å². The number of ether oxygens (including phenoxy) is 1. The third kappa shape index (κ3) is 2.84. The molecular formula is C17H17NO3. The number of anilines is 1. The Morgan fingerprint density at radius 2 is 2.14 bits per heavy atom. The Balaban J connectivity index is 1.69. The minimum absolute atomic E-state index is 0.0320. The van der Waals surface area contributed by atoms with Crippen molar-refractivity contribution >= 4 is 11.7 Å². The first-order valence-corrected chi connectivity index (χ1v) is 6.96. The van der Waals surface area contributed by atoms with E-state index in [9.17, 15) is 9.90 Å². The monoisotopic (exact) mass is 283 g/mol. The molecule has 0 bridgehead atoms. The van der Waals surface area contributed by atoms with Gasteiger partial charge in [0.15, 0.2) is 0 Å². The van der Waals surface area contributed by atoms with Crippen LogP contribution in [0.25, 0.3) is 0 Å². The number of nitrogens with one attached hydrogen (secondary N) is 1. The first-order chi connectivity index (χ1) is 10.1. The molecule has 21 heavy (non-hydrogen) atoms. The Morgan fingerprint density at radius 3 is 2.90 bits per heavy atom. The standard InChI is InChI=1S/C17H17NO3/c1-11-6-7-14(17(19)20)15(8-11)18-10-13-9-12-4-2-3-5-16(12)21-13/h2-8,13,18H,9-10H2,1H3,(H,19,20). The third-order valence-electron chi connectivity index (χ3n) is 3.64. The van der Waals surface area contributed by atoms with Gasteiger partial charge < -0.3 is 15.2 Å². The molecule has 1 aliphatic rings. The molecule has 1 aliphatic heterocycles. The van der Waals surface area contributed by atoms with E-state index in [0.29, 0.717) is 12.2 Å². The number of hydrogen-bond donors (Lipinski definition) is 2.